The molecular formula is C12H13BrN2O2. The standard InChI is InChI=1S/C12H13BrN2O2/c1-7-6-9(7)12(17)15-14-11(16)8-4-2-3-5-10(8)13/h2-5,7,9H,6H2,1H3,(H,14,16)(H,15,17)/t7-,9+/m1/s1. The van der Waals surface area contributed by atoms with Gasteiger partial charge in [0.15, 0.2) is 0 Å². The first-order valence-corrected chi connectivity index (χ1v) is 6.23. The van der Waals surface area contributed by atoms with Crippen LogP contribution in [0.2, 0.25) is 0 Å². The highest BCUT2D eigenvalue weighted by molar-refractivity contribution is 9.10. The molecule has 0 spiro atoms. The first kappa shape index (κ1) is 12.1. The summed E-state index contributed by atoms with van der Waals surface area (Å²) >= 11 is 3.28. The molecule has 2 N–H and O–H groups in total. The largest absolute Gasteiger partial charge is 0.273 e. The first-order chi connectivity index (χ1) is 8.09. The molecule has 1 aliphatic carbocycles. The number of nitrogens with one attached hydrogen (secondary N) is 2. The molecule has 2 atom stereocenters. The summed E-state index contributed by atoms with van der Waals surface area (Å²) in [6.45, 7) is 2.01. The number of hydrogen-bond donors (Lipinski definition) is 2. The number of hydrazine groups is 1. The predicted octanol–water partition coefficient (Wildman–Crippen LogP) is 1.87. The smallest absolute Gasteiger partial charge is 0.270 e. The Labute approximate surface area is 108 Å². The summed E-state index contributed by atoms with van der Waals surface area (Å²) in [5.41, 5.74) is 5.35. The minimum atomic E-state index is -0.320. The molecule has 1 saturated carbocycles. The number of carbonyl (C=O) groups is 2. The Morgan fingerprint density at radius 2 is 1.94 bits per heavy atom. The van der Waals surface area contributed by atoms with E-state index in [1.807, 2.05) is 13.0 Å². The third kappa shape index (κ3) is 2.85. The van der Waals surface area contributed by atoms with Gasteiger partial charge in [0.1, 0.15) is 0 Å². The van der Waals surface area contributed by atoms with Crippen LogP contribution >= 0.6 is 15.9 Å². The van der Waals surface area contributed by atoms with E-state index in [0.29, 0.717) is 16.0 Å². The summed E-state index contributed by atoms with van der Waals surface area (Å²) in [6, 6.07) is 7.06. The second-order valence-electron chi connectivity index (χ2n) is 4.24. The van der Waals surface area contributed by atoms with Crippen LogP contribution in [-0.2, 0) is 4.79 Å². The Balaban J connectivity index is 1.89. The summed E-state index contributed by atoms with van der Waals surface area (Å²) in [4.78, 5) is 23.2. The molecular weight excluding hydrogens is 284 g/mol. The van der Waals surface area contributed by atoms with Gasteiger partial charge in [0, 0.05) is 10.4 Å². The average molecular weight is 297 g/mol. The molecule has 2 amide bonds. The van der Waals surface area contributed by atoms with Crippen molar-refractivity contribution in [1.82, 2.24) is 10.9 Å². The van der Waals surface area contributed by atoms with Gasteiger partial charge < -0.3 is 0 Å². The van der Waals surface area contributed by atoms with Crippen LogP contribution in [0.5, 0.6) is 0 Å². The van der Waals surface area contributed by atoms with Gasteiger partial charge in [0.2, 0.25) is 5.91 Å². The fraction of sp³-hybridized carbons (Fsp3) is 0.333. The van der Waals surface area contributed by atoms with E-state index in [2.05, 4.69) is 26.8 Å². The van der Waals surface area contributed by atoms with Gasteiger partial charge >= 0.3 is 0 Å². The molecule has 1 aliphatic rings. The molecule has 0 heterocycles. The minimum absolute atomic E-state index is 0.0505. The molecule has 90 valence electrons. The third-order valence-electron chi connectivity index (χ3n) is 2.86. The highest BCUT2D eigenvalue weighted by atomic mass is 79.9. The average Bonchev–Trinajstić information content (AvgIpc) is 3.03. The van der Waals surface area contributed by atoms with Gasteiger partial charge in [-0.1, -0.05) is 19.1 Å². The van der Waals surface area contributed by atoms with Crippen LogP contribution in [0, 0.1) is 11.8 Å². The summed E-state index contributed by atoms with van der Waals surface area (Å²) < 4.78 is 0.700. The molecule has 1 fully saturated rings. The maximum absolute atomic E-state index is 11.7. The highest BCUT2D eigenvalue weighted by Gasteiger charge is 2.39. The molecule has 2 rings (SSSR count). The lowest BCUT2D eigenvalue weighted by molar-refractivity contribution is -0.123. The molecule has 0 unspecified atom stereocenters. The van der Waals surface area contributed by atoms with Crippen molar-refractivity contribution in [3.8, 4) is 0 Å². The van der Waals surface area contributed by atoms with E-state index in [1.165, 1.54) is 0 Å². The molecule has 1 aromatic rings. The lowest BCUT2D eigenvalue weighted by Crippen LogP contribution is -2.42. The number of benzene rings is 1. The van der Waals surface area contributed by atoms with Gasteiger partial charge in [-0.05, 0) is 40.4 Å². The van der Waals surface area contributed by atoms with Crippen molar-refractivity contribution in [2.75, 3.05) is 0 Å². The van der Waals surface area contributed by atoms with Crippen LogP contribution in [0.3, 0.4) is 0 Å². The predicted molar refractivity (Wildman–Crippen MR) is 67.0 cm³/mol. The van der Waals surface area contributed by atoms with E-state index < -0.39 is 0 Å². The SMILES string of the molecule is C[C@@H]1C[C@@H]1C(=O)NNC(=O)c1ccccc1Br. The van der Waals surface area contributed by atoms with E-state index in [4.69, 9.17) is 0 Å². The van der Waals surface area contributed by atoms with Gasteiger partial charge in [-0.25, -0.2) is 0 Å². The zero-order valence-electron chi connectivity index (χ0n) is 9.37. The van der Waals surface area contributed by atoms with Crippen LogP contribution in [0.15, 0.2) is 28.7 Å². The lowest BCUT2D eigenvalue weighted by atomic mass is 10.2. The van der Waals surface area contributed by atoms with Crippen molar-refractivity contribution in [1.29, 1.82) is 0 Å². The van der Waals surface area contributed by atoms with E-state index in [0.717, 1.165) is 6.42 Å². The Morgan fingerprint density at radius 3 is 2.53 bits per heavy atom. The second-order valence-corrected chi connectivity index (χ2v) is 5.10. The molecule has 0 bridgehead atoms. The molecule has 0 aromatic heterocycles. The molecule has 0 saturated heterocycles. The van der Waals surface area contributed by atoms with Crippen LogP contribution in [-0.4, -0.2) is 11.8 Å². The van der Waals surface area contributed by atoms with Crippen molar-refractivity contribution in [2.45, 2.75) is 13.3 Å². The normalized spacial score (nSPS) is 21.8. The highest BCUT2D eigenvalue weighted by Crippen LogP contribution is 2.37. The van der Waals surface area contributed by atoms with Crippen molar-refractivity contribution >= 4 is 27.7 Å². The summed E-state index contributed by atoms with van der Waals surface area (Å²) in [6.07, 6.45) is 0.900. The van der Waals surface area contributed by atoms with Crippen molar-refractivity contribution < 1.29 is 9.59 Å². The fourth-order valence-corrected chi connectivity index (χ4v) is 2.08. The molecule has 5 heteroatoms. The van der Waals surface area contributed by atoms with E-state index in [9.17, 15) is 9.59 Å². The third-order valence-corrected chi connectivity index (χ3v) is 3.56. The van der Waals surface area contributed by atoms with Crippen LogP contribution in [0.1, 0.15) is 23.7 Å². The van der Waals surface area contributed by atoms with Crippen LogP contribution < -0.4 is 10.9 Å². The number of hydrogen-bond acceptors (Lipinski definition) is 2. The van der Waals surface area contributed by atoms with Crippen LogP contribution in [0.4, 0.5) is 0 Å². The Hall–Kier alpha value is -1.36. The van der Waals surface area contributed by atoms with Crippen LogP contribution in [0.25, 0.3) is 0 Å². The zero-order chi connectivity index (χ0) is 12.4. The first-order valence-electron chi connectivity index (χ1n) is 5.44. The van der Waals surface area contributed by atoms with Gasteiger partial charge in [-0.2, -0.15) is 0 Å². The number of rotatable bonds is 2. The van der Waals surface area contributed by atoms with E-state index in [1.54, 1.807) is 18.2 Å². The van der Waals surface area contributed by atoms with Crippen molar-refractivity contribution in [2.24, 2.45) is 11.8 Å². The topological polar surface area (TPSA) is 58.2 Å². The monoisotopic (exact) mass is 296 g/mol. The molecule has 1 aromatic carbocycles. The number of carbonyl (C=O) groups excluding carboxylic acids is 2. The van der Waals surface area contributed by atoms with Gasteiger partial charge in [-0.3, -0.25) is 20.4 Å². The van der Waals surface area contributed by atoms with Gasteiger partial charge in [0.25, 0.3) is 5.91 Å². The molecule has 0 aliphatic heterocycles. The summed E-state index contributed by atoms with van der Waals surface area (Å²) in [5.74, 6) is 0.0434. The molecule has 17 heavy (non-hydrogen) atoms. The van der Waals surface area contributed by atoms with E-state index in [-0.39, 0.29) is 17.7 Å². The molecule has 4 nitrogen and oxygen atoms in total. The van der Waals surface area contributed by atoms with Crippen molar-refractivity contribution in [3.63, 3.8) is 0 Å². The maximum Gasteiger partial charge on any atom is 0.270 e. The fourth-order valence-electron chi connectivity index (χ4n) is 1.61. The van der Waals surface area contributed by atoms with E-state index >= 15 is 0 Å². The minimum Gasteiger partial charge on any atom is -0.273 e. The summed E-state index contributed by atoms with van der Waals surface area (Å²) in [7, 11) is 0. The van der Waals surface area contributed by atoms with Gasteiger partial charge in [-0.15, -0.1) is 0 Å². The summed E-state index contributed by atoms with van der Waals surface area (Å²) in [5, 5.41) is 0. The quantitative estimate of drug-likeness (QED) is 0.819. The zero-order valence-corrected chi connectivity index (χ0v) is 11.0. The Morgan fingerprint density at radius 1 is 1.29 bits per heavy atom. The van der Waals surface area contributed by atoms with Gasteiger partial charge in [0.05, 0.1) is 5.56 Å². The Kier molecular flexibility index (Phi) is 3.47. The van der Waals surface area contributed by atoms with Crippen molar-refractivity contribution in [3.05, 3.63) is 34.3 Å². The lowest BCUT2D eigenvalue weighted by Gasteiger charge is -2.07. The second kappa shape index (κ2) is 4.87. The number of halogens is 1. The molecule has 0 radical (unpaired) electrons. The number of amides is 2. The maximum atomic E-state index is 11.7. The Bertz CT molecular complexity index is 462.